The molecule has 25 heavy (non-hydrogen) atoms. The Balaban J connectivity index is 1.68. The molecule has 1 aromatic heterocycles. The van der Waals surface area contributed by atoms with Crippen molar-refractivity contribution in [3.63, 3.8) is 0 Å². The zero-order chi connectivity index (χ0) is 17.6. The molecule has 2 saturated carbocycles. The van der Waals surface area contributed by atoms with Crippen molar-refractivity contribution in [3.05, 3.63) is 22.1 Å². The molecule has 2 aliphatic rings. The highest BCUT2D eigenvalue weighted by Crippen LogP contribution is 2.31. The number of aryl methyl sites for hydroxylation is 1. The van der Waals surface area contributed by atoms with Crippen molar-refractivity contribution in [2.24, 2.45) is 0 Å². The summed E-state index contributed by atoms with van der Waals surface area (Å²) in [7, 11) is 0. The maximum atomic E-state index is 13.1. The largest absolute Gasteiger partial charge is 0.336 e. The van der Waals surface area contributed by atoms with Gasteiger partial charge in [0.2, 0.25) is 5.91 Å². The Hall–Kier alpha value is -1.30. The summed E-state index contributed by atoms with van der Waals surface area (Å²) in [5.41, 5.74) is 0.536. The molecule has 0 aromatic carbocycles. The number of H-pyrrole nitrogens is 1. The summed E-state index contributed by atoms with van der Waals surface area (Å²) in [5, 5.41) is 0.547. The Morgan fingerprint density at radius 2 is 1.68 bits per heavy atom. The number of carbonyl (C=O) groups is 1. The number of hydrogen-bond acceptors (Lipinski definition) is 4. The molecule has 5 nitrogen and oxygen atoms in total. The molecule has 0 unspecified atom stereocenters. The first-order chi connectivity index (χ1) is 12.1. The van der Waals surface area contributed by atoms with Gasteiger partial charge < -0.3 is 9.88 Å². The molecule has 6 heteroatoms. The van der Waals surface area contributed by atoms with Crippen molar-refractivity contribution in [2.75, 3.05) is 5.75 Å². The number of nitrogens with zero attached hydrogens (tertiary/aromatic N) is 2. The van der Waals surface area contributed by atoms with E-state index in [0.29, 0.717) is 28.7 Å². The maximum absolute atomic E-state index is 13.1. The van der Waals surface area contributed by atoms with E-state index in [-0.39, 0.29) is 11.5 Å². The van der Waals surface area contributed by atoms with Crippen molar-refractivity contribution in [2.45, 2.75) is 88.4 Å². The summed E-state index contributed by atoms with van der Waals surface area (Å²) in [6.45, 7) is 1.80. The molecule has 3 rings (SSSR count). The van der Waals surface area contributed by atoms with Crippen molar-refractivity contribution in [1.82, 2.24) is 14.9 Å². The third kappa shape index (κ3) is 5.09. The summed E-state index contributed by atoms with van der Waals surface area (Å²) >= 11 is 1.36. The molecule has 2 aliphatic carbocycles. The van der Waals surface area contributed by atoms with Crippen LogP contribution in [-0.2, 0) is 4.79 Å². The van der Waals surface area contributed by atoms with E-state index in [1.807, 2.05) is 0 Å². The highest BCUT2D eigenvalue weighted by Gasteiger charge is 2.32. The van der Waals surface area contributed by atoms with Crippen LogP contribution in [0.2, 0.25) is 0 Å². The Morgan fingerprint density at radius 3 is 2.20 bits per heavy atom. The highest BCUT2D eigenvalue weighted by molar-refractivity contribution is 7.99. The molecule has 0 bridgehead atoms. The number of carbonyl (C=O) groups excluding carboxylic acids is 1. The number of amides is 1. The quantitative estimate of drug-likeness (QED) is 0.640. The van der Waals surface area contributed by atoms with Crippen LogP contribution in [0.1, 0.15) is 69.9 Å². The van der Waals surface area contributed by atoms with E-state index in [1.54, 1.807) is 6.92 Å². The SMILES string of the molecule is Cc1cc(=O)[nH]c(SCC(=O)N(C2CCCCC2)C2CCCCC2)n1. The van der Waals surface area contributed by atoms with Crippen LogP contribution >= 0.6 is 11.8 Å². The van der Waals surface area contributed by atoms with Gasteiger partial charge in [-0.15, -0.1) is 0 Å². The highest BCUT2D eigenvalue weighted by atomic mass is 32.2. The predicted molar refractivity (Wildman–Crippen MR) is 101 cm³/mol. The molecule has 1 heterocycles. The first kappa shape index (κ1) is 18.5. The molecule has 0 saturated heterocycles. The van der Waals surface area contributed by atoms with E-state index in [0.717, 1.165) is 25.7 Å². The van der Waals surface area contributed by atoms with E-state index >= 15 is 0 Å². The minimum atomic E-state index is -0.154. The van der Waals surface area contributed by atoms with Crippen LogP contribution in [0.15, 0.2) is 16.0 Å². The standard InChI is InChI=1S/C19H29N3O2S/c1-14-12-17(23)21-19(20-14)25-13-18(24)22(15-8-4-2-5-9-15)16-10-6-3-7-11-16/h12,15-16H,2-11,13H2,1H3,(H,20,21,23). The maximum Gasteiger partial charge on any atom is 0.251 e. The van der Waals surface area contributed by atoms with Crippen LogP contribution in [-0.4, -0.2) is 38.6 Å². The van der Waals surface area contributed by atoms with E-state index in [4.69, 9.17) is 0 Å². The van der Waals surface area contributed by atoms with Crippen molar-refractivity contribution < 1.29 is 4.79 Å². The number of nitrogens with one attached hydrogen (secondary N) is 1. The molecule has 1 aromatic rings. The average molecular weight is 364 g/mol. The number of thioether (sulfide) groups is 1. The van der Waals surface area contributed by atoms with Crippen molar-refractivity contribution in [1.29, 1.82) is 0 Å². The van der Waals surface area contributed by atoms with Gasteiger partial charge in [-0.3, -0.25) is 9.59 Å². The fraction of sp³-hybridized carbons (Fsp3) is 0.737. The van der Waals surface area contributed by atoms with Crippen LogP contribution in [0.5, 0.6) is 0 Å². The molecular formula is C19H29N3O2S. The van der Waals surface area contributed by atoms with Crippen LogP contribution in [0.3, 0.4) is 0 Å². The van der Waals surface area contributed by atoms with Gasteiger partial charge in [-0.25, -0.2) is 4.98 Å². The second kappa shape index (κ2) is 8.88. The van der Waals surface area contributed by atoms with Gasteiger partial charge in [0, 0.05) is 23.8 Å². The summed E-state index contributed by atoms with van der Waals surface area (Å²) in [4.78, 5) is 33.9. The minimum Gasteiger partial charge on any atom is -0.336 e. The summed E-state index contributed by atoms with van der Waals surface area (Å²) in [5.74, 6) is 0.576. The fourth-order valence-electron chi connectivity index (χ4n) is 4.25. The smallest absolute Gasteiger partial charge is 0.251 e. The fourth-order valence-corrected chi connectivity index (χ4v) is 5.04. The van der Waals surface area contributed by atoms with Gasteiger partial charge in [-0.2, -0.15) is 0 Å². The Labute approximate surface area is 154 Å². The monoisotopic (exact) mass is 363 g/mol. The molecule has 1 amide bonds. The Kier molecular flexibility index (Phi) is 6.57. The normalized spacial score (nSPS) is 19.7. The van der Waals surface area contributed by atoms with Crippen LogP contribution in [0.4, 0.5) is 0 Å². The van der Waals surface area contributed by atoms with Crippen molar-refractivity contribution in [3.8, 4) is 0 Å². The second-order valence-corrected chi connectivity index (χ2v) is 8.33. The molecule has 0 radical (unpaired) electrons. The van der Waals surface area contributed by atoms with Gasteiger partial charge >= 0.3 is 0 Å². The summed E-state index contributed by atoms with van der Waals surface area (Å²) in [6.07, 6.45) is 12.1. The predicted octanol–water partition coefficient (Wildman–Crippen LogP) is 3.66. The van der Waals surface area contributed by atoms with Gasteiger partial charge in [-0.1, -0.05) is 50.3 Å². The van der Waals surface area contributed by atoms with Crippen LogP contribution in [0, 0.1) is 6.92 Å². The van der Waals surface area contributed by atoms with E-state index < -0.39 is 0 Å². The third-order valence-electron chi connectivity index (χ3n) is 5.40. The third-order valence-corrected chi connectivity index (χ3v) is 6.26. The lowest BCUT2D eigenvalue weighted by atomic mass is 9.88. The lowest BCUT2D eigenvalue weighted by Gasteiger charge is -2.41. The minimum absolute atomic E-state index is 0.154. The number of aromatic amines is 1. The van der Waals surface area contributed by atoms with Crippen molar-refractivity contribution >= 4 is 17.7 Å². The zero-order valence-corrected chi connectivity index (χ0v) is 15.9. The van der Waals surface area contributed by atoms with Gasteiger partial charge in [0.15, 0.2) is 5.16 Å². The molecular weight excluding hydrogens is 334 g/mol. The lowest BCUT2D eigenvalue weighted by Crippen LogP contribution is -2.49. The lowest BCUT2D eigenvalue weighted by molar-refractivity contribution is -0.135. The van der Waals surface area contributed by atoms with E-state index in [1.165, 1.54) is 56.4 Å². The van der Waals surface area contributed by atoms with Crippen LogP contribution in [0.25, 0.3) is 0 Å². The first-order valence-electron chi connectivity index (χ1n) is 9.65. The molecule has 1 N–H and O–H groups in total. The molecule has 0 atom stereocenters. The van der Waals surface area contributed by atoms with E-state index in [9.17, 15) is 9.59 Å². The second-order valence-electron chi connectivity index (χ2n) is 7.37. The van der Waals surface area contributed by atoms with Gasteiger partial charge in [0.1, 0.15) is 0 Å². The zero-order valence-electron chi connectivity index (χ0n) is 15.1. The number of hydrogen-bond donors (Lipinski definition) is 1. The van der Waals surface area contributed by atoms with Gasteiger partial charge in [0.05, 0.1) is 5.75 Å². The van der Waals surface area contributed by atoms with Gasteiger partial charge in [-0.05, 0) is 32.6 Å². The topological polar surface area (TPSA) is 66.1 Å². The average Bonchev–Trinajstić information content (AvgIpc) is 2.61. The number of rotatable bonds is 5. The Morgan fingerprint density at radius 1 is 1.12 bits per heavy atom. The first-order valence-corrected chi connectivity index (χ1v) is 10.6. The molecule has 138 valence electrons. The molecule has 0 spiro atoms. The summed E-state index contributed by atoms with van der Waals surface area (Å²) in [6, 6.07) is 2.30. The molecule has 2 fully saturated rings. The summed E-state index contributed by atoms with van der Waals surface area (Å²) < 4.78 is 0. The van der Waals surface area contributed by atoms with Gasteiger partial charge in [0.25, 0.3) is 5.56 Å². The van der Waals surface area contributed by atoms with Crippen LogP contribution < -0.4 is 5.56 Å². The molecule has 0 aliphatic heterocycles. The van der Waals surface area contributed by atoms with E-state index in [2.05, 4.69) is 14.9 Å². The number of aromatic nitrogens is 2. The Bertz CT molecular complexity index is 616.